The van der Waals surface area contributed by atoms with E-state index in [9.17, 15) is 19.2 Å². The van der Waals surface area contributed by atoms with Crippen LogP contribution in [0.2, 0.25) is 0 Å². The van der Waals surface area contributed by atoms with Gasteiger partial charge in [0.15, 0.2) is 17.4 Å². The van der Waals surface area contributed by atoms with Gasteiger partial charge >= 0.3 is 85.0 Å². The van der Waals surface area contributed by atoms with E-state index < -0.39 is 36.0 Å². The summed E-state index contributed by atoms with van der Waals surface area (Å²) in [5.74, 6) is -0.726. The van der Waals surface area contributed by atoms with Gasteiger partial charge in [-0.3, -0.25) is 9.59 Å². The maximum absolute atomic E-state index is 10.6. The molecule has 0 amide bonds. The Kier molecular flexibility index (Phi) is 45.5. The summed E-state index contributed by atoms with van der Waals surface area (Å²) in [5.41, 5.74) is 4.43. The second kappa shape index (κ2) is 42.7. The second-order valence-electron chi connectivity index (χ2n) is 10.4. The molecule has 0 radical (unpaired) electrons. The van der Waals surface area contributed by atoms with E-state index in [1.54, 1.807) is 12.1 Å². The first kappa shape index (κ1) is 60.8. The third-order valence-electron chi connectivity index (χ3n) is 6.04. The van der Waals surface area contributed by atoms with Crippen molar-refractivity contribution >= 4 is 63.0 Å². The summed E-state index contributed by atoms with van der Waals surface area (Å²) in [4.78, 5) is 41.4. The number of aliphatic hydroxyl groups excluding tert-OH is 2. The third kappa shape index (κ3) is 38.4. The molecule has 1 heterocycles. The third-order valence-corrected chi connectivity index (χ3v) is 10.5. The SMILES string of the molecule is C1CCOC1.C=COCC.C=COCc1cccc(COC=C)c1.CC(=O)[O][Hg][O]C(C)=O.O=C(Cl)c1cccc(C(=O)Cl)c1.OCc1cccc(CO)c1.[AlH3].[H-].[Li+]. The fourth-order valence-corrected chi connectivity index (χ4v) is 5.29. The van der Waals surface area contributed by atoms with Gasteiger partial charge in [0.1, 0.15) is 13.2 Å². The first-order valence-electron chi connectivity index (χ1n) is 16.8. The van der Waals surface area contributed by atoms with Crippen molar-refractivity contribution in [3.63, 3.8) is 0 Å². The number of hydrogen-bond donors (Lipinski definition) is 2. The summed E-state index contributed by atoms with van der Waals surface area (Å²) in [5, 5.41) is 16.1. The van der Waals surface area contributed by atoms with Crippen molar-refractivity contribution < 1.29 is 99.4 Å². The minimum atomic E-state index is -2.04. The Balaban J connectivity index is -0.000000198. The quantitative estimate of drug-likeness (QED) is 0.136. The van der Waals surface area contributed by atoms with Crippen LogP contribution in [-0.2, 0) is 85.7 Å². The normalized spacial score (nSPS) is 9.81. The van der Waals surface area contributed by atoms with E-state index >= 15 is 0 Å². The summed E-state index contributed by atoms with van der Waals surface area (Å²) in [6, 6.07) is 21.2. The van der Waals surface area contributed by atoms with Crippen LogP contribution in [0.4, 0.5) is 0 Å². The minimum Gasteiger partial charge on any atom is -1.00 e. The molecule has 17 heteroatoms. The summed E-state index contributed by atoms with van der Waals surface area (Å²) in [7, 11) is 0. The van der Waals surface area contributed by atoms with Gasteiger partial charge in [-0.1, -0.05) is 80.4 Å². The van der Waals surface area contributed by atoms with E-state index in [2.05, 4.69) is 29.8 Å². The van der Waals surface area contributed by atoms with Gasteiger partial charge in [0, 0.05) is 24.3 Å². The van der Waals surface area contributed by atoms with Gasteiger partial charge in [0.25, 0.3) is 10.5 Å². The predicted octanol–water partition coefficient (Wildman–Crippen LogP) is 4.04. The van der Waals surface area contributed by atoms with Crippen molar-refractivity contribution in [3.8, 4) is 0 Å². The number of rotatable bonds is 14. The molecule has 0 spiro atoms. The first-order chi connectivity index (χ1) is 26.4. The van der Waals surface area contributed by atoms with Crippen LogP contribution in [0.15, 0.2) is 111 Å². The summed E-state index contributed by atoms with van der Waals surface area (Å²) in [6.45, 7) is 18.7. The Morgan fingerprint density at radius 2 is 1.07 bits per heavy atom. The van der Waals surface area contributed by atoms with Crippen LogP contribution in [0, 0.1) is 0 Å². The van der Waals surface area contributed by atoms with Crippen molar-refractivity contribution in [2.75, 3.05) is 19.8 Å². The maximum Gasteiger partial charge on any atom is 1.00 e. The number of aliphatic hydroxyl groups is 2. The Morgan fingerprint density at radius 3 is 1.35 bits per heavy atom. The molecule has 0 atom stereocenters. The van der Waals surface area contributed by atoms with Gasteiger partial charge in [-0.05, 0) is 77.4 Å². The second-order valence-corrected chi connectivity index (χ2v) is 14.2. The molecule has 0 aromatic heterocycles. The molecule has 3 aromatic carbocycles. The van der Waals surface area contributed by atoms with Gasteiger partial charge in [0.05, 0.1) is 38.6 Å². The van der Waals surface area contributed by atoms with Crippen LogP contribution in [-0.4, -0.2) is 69.8 Å². The molecule has 0 unspecified atom stereocenters. The van der Waals surface area contributed by atoms with Crippen molar-refractivity contribution in [2.45, 2.75) is 60.0 Å². The van der Waals surface area contributed by atoms with Crippen LogP contribution in [0.3, 0.4) is 0 Å². The van der Waals surface area contributed by atoms with E-state index in [0.717, 1.165) is 42.1 Å². The summed E-state index contributed by atoms with van der Waals surface area (Å²) >= 11 is 8.33. The van der Waals surface area contributed by atoms with Crippen LogP contribution in [0.1, 0.15) is 78.0 Å². The van der Waals surface area contributed by atoms with E-state index in [0.29, 0.717) is 13.2 Å². The van der Waals surface area contributed by atoms with E-state index in [1.807, 2.05) is 49.4 Å². The molecule has 1 saturated heterocycles. The molecule has 3 aromatic rings. The topological polar surface area (TPSA) is 164 Å². The molecule has 0 aliphatic carbocycles. The molecule has 1 aliphatic rings. The fourth-order valence-electron chi connectivity index (χ4n) is 3.53. The molecule has 1 fully saturated rings. The van der Waals surface area contributed by atoms with Gasteiger partial charge in [-0.2, -0.15) is 0 Å². The van der Waals surface area contributed by atoms with Gasteiger partial charge in [0.2, 0.25) is 0 Å². The van der Waals surface area contributed by atoms with Crippen LogP contribution in [0.5, 0.6) is 0 Å². The molecule has 0 saturated carbocycles. The van der Waals surface area contributed by atoms with Crippen LogP contribution >= 0.6 is 23.2 Å². The molecule has 2 N–H and O–H groups in total. The van der Waals surface area contributed by atoms with E-state index in [4.69, 9.17) is 47.6 Å². The zero-order valence-electron chi connectivity index (χ0n) is 33.6. The average molecular weight is 1030 g/mol. The Labute approximate surface area is 384 Å². The molecule has 1 aliphatic heterocycles. The van der Waals surface area contributed by atoms with Crippen molar-refractivity contribution in [1.29, 1.82) is 0 Å². The number of benzene rings is 3. The zero-order valence-corrected chi connectivity index (χ0v) is 39.6. The molecular weight excluding hydrogens is 978 g/mol. The molecule has 0 bridgehead atoms. The molecular formula is C40H54AlCl2HgLiO12. The van der Waals surface area contributed by atoms with Gasteiger partial charge in [-0.15, -0.1) is 0 Å². The smallest absolute Gasteiger partial charge is 1.00 e. The maximum atomic E-state index is 10.6. The first-order valence-corrected chi connectivity index (χ1v) is 22.0. The van der Waals surface area contributed by atoms with Crippen molar-refractivity contribution in [1.82, 2.24) is 0 Å². The fraction of sp³-hybridized carbons (Fsp3) is 0.300. The largest absolute Gasteiger partial charge is 1.00 e. The van der Waals surface area contributed by atoms with Gasteiger partial charge in [-0.25, -0.2) is 0 Å². The number of hydrogen-bond acceptors (Lipinski definition) is 12. The van der Waals surface area contributed by atoms with E-state index in [-0.39, 0.29) is 73.9 Å². The minimum absolute atomic E-state index is 0. The Hall–Kier alpha value is -2.92. The predicted molar refractivity (Wildman–Crippen MR) is 218 cm³/mol. The Morgan fingerprint density at radius 1 is 0.702 bits per heavy atom. The summed E-state index contributed by atoms with van der Waals surface area (Å²) in [6.07, 6.45) is 6.86. The zero-order chi connectivity index (χ0) is 41.7. The molecule has 12 nitrogen and oxygen atoms in total. The summed E-state index contributed by atoms with van der Waals surface area (Å²) < 4.78 is 28.7. The van der Waals surface area contributed by atoms with Crippen LogP contribution < -0.4 is 18.9 Å². The number of ether oxygens (including phenoxy) is 4. The standard InChI is InChI=1S/C12H14O2.C8H4Cl2O2.C8H10O2.2C4H8O.2C2H4O2.Al.Hg.Li.4H/c1-3-13-9-11-6-5-7-12(8-11)10-14-4-2;9-7(11)5-2-1-3-6(4-5)8(10)12;9-5-7-2-1-3-8(4-7)6-10;1-2-4-5-3-1;1-3-5-4-2;2*1-2(3)4;;;;;;;/h3-8H,1-2,9-10H2;1-4H;1-4,9-10H,5-6H2;1-4H2;3H,1,4H2,2H3;2*1H3,(H,3,4);;;;;;;/q;;;;;;;;+2;+1;;;;-1/p-2. The van der Waals surface area contributed by atoms with Crippen molar-refractivity contribution in [3.05, 3.63) is 145 Å². The average Bonchev–Trinajstić information content (AvgIpc) is 3.78. The van der Waals surface area contributed by atoms with E-state index in [1.165, 1.54) is 63.7 Å². The van der Waals surface area contributed by atoms with Gasteiger partial charge < -0.3 is 30.6 Å². The molecule has 57 heavy (non-hydrogen) atoms. The Bertz CT molecular complexity index is 1470. The van der Waals surface area contributed by atoms with Crippen LogP contribution in [0.25, 0.3) is 0 Å². The number of carbonyl (C=O) groups is 4. The molecule has 306 valence electrons. The number of halogens is 2. The van der Waals surface area contributed by atoms with Crippen molar-refractivity contribution in [2.24, 2.45) is 0 Å². The number of carbonyl (C=O) groups excluding carboxylic acids is 4. The monoisotopic (exact) mass is 1030 g/mol. The molecule has 4 rings (SSSR count).